The Bertz CT molecular complexity index is 822. The van der Waals surface area contributed by atoms with Crippen molar-refractivity contribution in [2.75, 3.05) is 91.6 Å². The molecule has 9 nitrogen and oxygen atoms in total. The molecule has 198 valence electrons. The van der Waals surface area contributed by atoms with Crippen LogP contribution in [0, 0.1) is 0 Å². The normalized spacial score (nSPS) is 11.4. The van der Waals surface area contributed by atoms with Crippen LogP contribution in [0.5, 0.6) is 0 Å². The zero-order valence-corrected chi connectivity index (χ0v) is 21.8. The lowest BCUT2D eigenvalue weighted by Crippen LogP contribution is -2.15. The topological polar surface area (TPSA) is 97.5 Å². The van der Waals surface area contributed by atoms with Gasteiger partial charge in [0.1, 0.15) is 11.8 Å². The highest BCUT2D eigenvalue weighted by Gasteiger charge is 2.12. The Balaban J connectivity index is 1.32. The number of hydrogen-bond donors (Lipinski definition) is 1. The molecule has 0 saturated heterocycles. The number of halogens is 1. The average molecular weight is 534 g/mol. The van der Waals surface area contributed by atoms with Gasteiger partial charge in [-0.05, 0) is 13.0 Å². The van der Waals surface area contributed by atoms with E-state index in [1.165, 1.54) is 11.8 Å². The fraction of sp³-hybridized carbons (Fsp3) is 0.625. The van der Waals surface area contributed by atoms with Gasteiger partial charge < -0.3 is 38.1 Å². The van der Waals surface area contributed by atoms with E-state index in [2.05, 4.69) is 4.98 Å². The van der Waals surface area contributed by atoms with E-state index in [4.69, 9.17) is 44.8 Å². The molecular weight excluding hydrogens is 498 g/mol. The summed E-state index contributed by atoms with van der Waals surface area (Å²) in [6.45, 7) is 8.32. The van der Waals surface area contributed by atoms with Crippen molar-refractivity contribution in [1.29, 1.82) is 0 Å². The first kappa shape index (κ1) is 29.9. The number of esters is 1. The minimum absolute atomic E-state index is 0.179. The van der Waals surface area contributed by atoms with E-state index in [1.54, 1.807) is 0 Å². The van der Waals surface area contributed by atoms with Crippen LogP contribution in [-0.2, 0) is 38.0 Å². The number of aromatic amines is 1. The largest absolute Gasteiger partial charge is 0.463 e. The summed E-state index contributed by atoms with van der Waals surface area (Å²) < 4.78 is 37.4. The molecule has 1 N–H and O–H groups in total. The van der Waals surface area contributed by atoms with Gasteiger partial charge in [-0.3, -0.25) is 4.79 Å². The Morgan fingerprint density at radius 1 is 0.771 bits per heavy atom. The first-order chi connectivity index (χ1) is 17.2. The molecule has 1 aromatic carbocycles. The van der Waals surface area contributed by atoms with E-state index in [1.807, 2.05) is 31.2 Å². The zero-order valence-electron chi connectivity index (χ0n) is 20.3. The number of rotatable bonds is 22. The van der Waals surface area contributed by atoms with Gasteiger partial charge in [0, 0.05) is 17.5 Å². The van der Waals surface area contributed by atoms with Crippen LogP contribution in [0.2, 0.25) is 5.15 Å². The van der Waals surface area contributed by atoms with E-state index in [-0.39, 0.29) is 18.3 Å². The highest BCUT2D eigenvalue weighted by Crippen LogP contribution is 2.34. The smallest absolute Gasteiger partial charge is 0.316 e. The van der Waals surface area contributed by atoms with E-state index >= 15 is 0 Å². The number of para-hydroxylation sites is 1. The van der Waals surface area contributed by atoms with E-state index in [0.717, 1.165) is 15.8 Å². The van der Waals surface area contributed by atoms with Gasteiger partial charge in [0.05, 0.1) is 83.3 Å². The van der Waals surface area contributed by atoms with Gasteiger partial charge in [-0.2, -0.15) is 0 Å². The van der Waals surface area contributed by atoms with E-state index < -0.39 is 0 Å². The Morgan fingerprint density at radius 2 is 1.26 bits per heavy atom. The average Bonchev–Trinajstić information content (AvgIpc) is 3.19. The number of ether oxygens (including phenoxy) is 7. The second-order valence-corrected chi connectivity index (χ2v) is 8.45. The van der Waals surface area contributed by atoms with Crippen LogP contribution < -0.4 is 0 Å². The van der Waals surface area contributed by atoms with Crippen molar-refractivity contribution in [3.8, 4) is 0 Å². The Kier molecular flexibility index (Phi) is 16.9. The van der Waals surface area contributed by atoms with E-state index in [9.17, 15) is 4.79 Å². The molecule has 0 unspecified atom stereocenters. The summed E-state index contributed by atoms with van der Waals surface area (Å²) in [5, 5.41) is 1.52. The second kappa shape index (κ2) is 19.8. The van der Waals surface area contributed by atoms with Gasteiger partial charge in [-0.25, -0.2) is 0 Å². The molecule has 1 aromatic heterocycles. The first-order valence-electron chi connectivity index (χ1n) is 11.7. The predicted molar refractivity (Wildman–Crippen MR) is 136 cm³/mol. The molecule has 0 aliphatic heterocycles. The number of nitrogens with one attached hydrogen (secondary N) is 1. The Hall–Kier alpha value is -1.37. The summed E-state index contributed by atoms with van der Waals surface area (Å²) in [5.74, 6) is -0.135. The molecule has 2 rings (SSSR count). The number of aromatic nitrogens is 1. The molecule has 0 radical (unpaired) electrons. The van der Waals surface area contributed by atoms with Gasteiger partial charge in [0.15, 0.2) is 0 Å². The maximum absolute atomic E-state index is 12.0. The lowest BCUT2D eigenvalue weighted by atomic mass is 10.2. The maximum Gasteiger partial charge on any atom is 0.316 e. The van der Waals surface area contributed by atoms with Crippen LogP contribution in [-0.4, -0.2) is 103 Å². The standard InChI is InChI=1S/C24H36ClNO8S/c1-2-28-7-8-29-9-10-30-11-12-31-13-14-32-15-16-33-17-18-34-22(27)19-35-23-20-5-3-4-6-21(20)26-24(23)25/h3-6,26H,2,7-19H2,1H3. The lowest BCUT2D eigenvalue weighted by Gasteiger charge is -2.08. The van der Waals surface area contributed by atoms with Gasteiger partial charge in [-0.1, -0.05) is 29.8 Å². The minimum atomic E-state index is -0.313. The molecule has 0 bridgehead atoms. The zero-order chi connectivity index (χ0) is 25.0. The lowest BCUT2D eigenvalue weighted by molar-refractivity contribution is -0.142. The number of benzene rings is 1. The molecule has 0 amide bonds. The molecule has 0 saturated carbocycles. The molecule has 11 heteroatoms. The van der Waals surface area contributed by atoms with Crippen molar-refractivity contribution in [1.82, 2.24) is 4.98 Å². The molecule has 0 atom stereocenters. The first-order valence-corrected chi connectivity index (χ1v) is 13.1. The van der Waals surface area contributed by atoms with Crippen molar-refractivity contribution >= 4 is 40.2 Å². The highest BCUT2D eigenvalue weighted by molar-refractivity contribution is 8.00. The number of H-pyrrole nitrogens is 1. The molecule has 0 spiro atoms. The quantitative estimate of drug-likeness (QED) is 0.138. The Labute approximate surface area is 216 Å². The van der Waals surface area contributed by atoms with Gasteiger partial charge >= 0.3 is 5.97 Å². The van der Waals surface area contributed by atoms with Crippen LogP contribution in [0.4, 0.5) is 0 Å². The van der Waals surface area contributed by atoms with Gasteiger partial charge in [-0.15, -0.1) is 11.8 Å². The third-order valence-electron chi connectivity index (χ3n) is 4.50. The van der Waals surface area contributed by atoms with Crippen LogP contribution in [0.3, 0.4) is 0 Å². The fourth-order valence-electron chi connectivity index (χ4n) is 2.86. The molecular formula is C24H36ClNO8S. The molecule has 2 aromatic rings. The van der Waals surface area contributed by atoms with Crippen LogP contribution >= 0.6 is 23.4 Å². The number of hydrogen-bond acceptors (Lipinski definition) is 9. The third-order valence-corrected chi connectivity index (χ3v) is 5.99. The van der Waals surface area contributed by atoms with E-state index in [0.29, 0.717) is 84.4 Å². The third kappa shape index (κ3) is 13.5. The van der Waals surface area contributed by atoms with Crippen LogP contribution in [0.25, 0.3) is 10.9 Å². The van der Waals surface area contributed by atoms with Crippen molar-refractivity contribution < 1.29 is 38.0 Å². The van der Waals surface area contributed by atoms with Gasteiger partial charge in [0.25, 0.3) is 0 Å². The molecule has 0 fully saturated rings. The summed E-state index contributed by atoms with van der Waals surface area (Å²) in [5.41, 5.74) is 0.940. The summed E-state index contributed by atoms with van der Waals surface area (Å²) in [6, 6.07) is 7.77. The SMILES string of the molecule is CCOCCOCCOCCOCCOCCOCCOC(=O)CSc1c(Cl)[nH]c2ccccc12. The number of carbonyl (C=O) groups excluding carboxylic acids is 1. The Morgan fingerprint density at radius 3 is 1.80 bits per heavy atom. The van der Waals surface area contributed by atoms with Crippen LogP contribution in [0.15, 0.2) is 29.2 Å². The molecule has 0 aliphatic rings. The number of fused-ring (bicyclic) bond motifs is 1. The summed E-state index contributed by atoms with van der Waals surface area (Å²) in [4.78, 5) is 15.9. The molecule has 0 aliphatic carbocycles. The highest BCUT2D eigenvalue weighted by atomic mass is 35.5. The second-order valence-electron chi connectivity index (χ2n) is 7.08. The van der Waals surface area contributed by atoms with Crippen LogP contribution in [0.1, 0.15) is 6.92 Å². The summed E-state index contributed by atoms with van der Waals surface area (Å²) >= 11 is 7.59. The number of thioether (sulfide) groups is 1. The predicted octanol–water partition coefficient (Wildman–Crippen LogP) is 3.58. The number of carbonyl (C=O) groups is 1. The fourth-order valence-corrected chi connectivity index (χ4v) is 4.08. The van der Waals surface area contributed by atoms with Crippen molar-refractivity contribution in [3.63, 3.8) is 0 Å². The van der Waals surface area contributed by atoms with Crippen molar-refractivity contribution in [3.05, 3.63) is 29.4 Å². The molecule has 1 heterocycles. The maximum atomic E-state index is 12.0. The minimum Gasteiger partial charge on any atom is -0.463 e. The van der Waals surface area contributed by atoms with Gasteiger partial charge in [0.2, 0.25) is 0 Å². The van der Waals surface area contributed by atoms with Crippen molar-refractivity contribution in [2.24, 2.45) is 0 Å². The summed E-state index contributed by atoms with van der Waals surface area (Å²) in [6.07, 6.45) is 0. The summed E-state index contributed by atoms with van der Waals surface area (Å²) in [7, 11) is 0. The molecule has 35 heavy (non-hydrogen) atoms. The van der Waals surface area contributed by atoms with Crippen molar-refractivity contribution in [2.45, 2.75) is 11.8 Å². The monoisotopic (exact) mass is 533 g/mol.